The molecular formula is C25H20ClNO4. The molecule has 1 saturated heterocycles. The van der Waals surface area contributed by atoms with Crippen LogP contribution in [0.4, 0.5) is 0 Å². The van der Waals surface area contributed by atoms with Crippen LogP contribution in [0.3, 0.4) is 0 Å². The summed E-state index contributed by atoms with van der Waals surface area (Å²) in [7, 11) is 1.58. The molecule has 0 bridgehead atoms. The molecule has 156 valence electrons. The Balaban J connectivity index is 1.82. The van der Waals surface area contributed by atoms with Gasteiger partial charge in [0.25, 0.3) is 11.7 Å². The van der Waals surface area contributed by atoms with Crippen molar-refractivity contribution in [2.24, 2.45) is 0 Å². The molecule has 1 unspecified atom stereocenters. The van der Waals surface area contributed by atoms with E-state index in [2.05, 4.69) is 0 Å². The van der Waals surface area contributed by atoms with Gasteiger partial charge in [0.05, 0.1) is 18.7 Å². The van der Waals surface area contributed by atoms with Gasteiger partial charge in [-0.3, -0.25) is 9.59 Å². The molecule has 5 nitrogen and oxygen atoms in total. The molecule has 0 spiro atoms. The quantitative estimate of drug-likeness (QED) is 0.350. The van der Waals surface area contributed by atoms with Gasteiger partial charge in [0.15, 0.2) is 0 Å². The molecule has 3 aromatic rings. The van der Waals surface area contributed by atoms with Crippen LogP contribution in [0.2, 0.25) is 5.02 Å². The number of aliphatic hydroxyl groups is 1. The monoisotopic (exact) mass is 433 g/mol. The van der Waals surface area contributed by atoms with Crippen LogP contribution in [-0.2, 0) is 16.1 Å². The summed E-state index contributed by atoms with van der Waals surface area (Å²) >= 11 is 6.04. The first kappa shape index (κ1) is 20.7. The lowest BCUT2D eigenvalue weighted by Gasteiger charge is -2.25. The molecule has 0 aromatic heterocycles. The van der Waals surface area contributed by atoms with Gasteiger partial charge in [-0.1, -0.05) is 66.2 Å². The highest BCUT2D eigenvalue weighted by Crippen LogP contribution is 2.40. The number of Topliss-reactive ketones (excluding diaryl/α,β-unsaturated/α-hetero) is 1. The molecule has 1 amide bonds. The zero-order valence-electron chi connectivity index (χ0n) is 16.8. The van der Waals surface area contributed by atoms with Crippen LogP contribution in [0.25, 0.3) is 5.76 Å². The highest BCUT2D eigenvalue weighted by atomic mass is 35.5. The minimum absolute atomic E-state index is 0.0621. The number of aliphatic hydroxyl groups excluding tert-OH is 1. The van der Waals surface area contributed by atoms with E-state index in [1.165, 1.54) is 4.90 Å². The number of carbonyl (C=O) groups excluding carboxylic acids is 2. The zero-order chi connectivity index (χ0) is 22.0. The summed E-state index contributed by atoms with van der Waals surface area (Å²) in [6.45, 7) is 0.202. The van der Waals surface area contributed by atoms with Crippen molar-refractivity contribution in [3.05, 3.63) is 106 Å². The van der Waals surface area contributed by atoms with Gasteiger partial charge in [-0.15, -0.1) is 0 Å². The Labute approximate surface area is 185 Å². The van der Waals surface area contributed by atoms with Gasteiger partial charge < -0.3 is 14.7 Å². The Morgan fingerprint density at radius 3 is 2.23 bits per heavy atom. The van der Waals surface area contributed by atoms with E-state index in [4.69, 9.17) is 16.3 Å². The van der Waals surface area contributed by atoms with Gasteiger partial charge in [0.1, 0.15) is 11.5 Å². The van der Waals surface area contributed by atoms with Crippen LogP contribution in [-0.4, -0.2) is 28.8 Å². The van der Waals surface area contributed by atoms with E-state index in [0.29, 0.717) is 21.9 Å². The van der Waals surface area contributed by atoms with Crippen molar-refractivity contribution in [2.45, 2.75) is 12.6 Å². The third-order valence-electron chi connectivity index (χ3n) is 5.28. The maximum absolute atomic E-state index is 13.0. The van der Waals surface area contributed by atoms with E-state index >= 15 is 0 Å². The minimum atomic E-state index is -0.737. The van der Waals surface area contributed by atoms with E-state index in [-0.39, 0.29) is 17.9 Å². The Bertz CT molecular complexity index is 1140. The van der Waals surface area contributed by atoms with Crippen LogP contribution >= 0.6 is 11.6 Å². The summed E-state index contributed by atoms with van der Waals surface area (Å²) in [6, 6.07) is 22.2. The highest BCUT2D eigenvalue weighted by molar-refractivity contribution is 6.46. The SMILES string of the molecule is COc1ccc(CN2C(=O)C(=O)/C(=C(\O)c3ccccc3)C2c2ccc(Cl)cc2)cc1. The van der Waals surface area contributed by atoms with Crippen LogP contribution in [0.1, 0.15) is 22.7 Å². The average molecular weight is 434 g/mol. The molecule has 0 saturated carbocycles. The molecule has 1 aliphatic heterocycles. The fourth-order valence-electron chi connectivity index (χ4n) is 3.71. The number of ether oxygens (including phenoxy) is 1. The fraction of sp³-hybridized carbons (Fsp3) is 0.120. The number of rotatable bonds is 5. The second-order valence-electron chi connectivity index (χ2n) is 7.19. The molecular weight excluding hydrogens is 414 g/mol. The first-order chi connectivity index (χ1) is 15.0. The lowest BCUT2D eigenvalue weighted by atomic mass is 9.95. The van der Waals surface area contributed by atoms with Gasteiger partial charge in [-0.25, -0.2) is 0 Å². The summed E-state index contributed by atoms with van der Waals surface area (Å²) in [6.07, 6.45) is 0. The smallest absolute Gasteiger partial charge is 0.295 e. The third kappa shape index (κ3) is 4.05. The Morgan fingerprint density at radius 2 is 1.61 bits per heavy atom. The van der Waals surface area contributed by atoms with E-state index in [1.54, 1.807) is 67.8 Å². The van der Waals surface area contributed by atoms with Crippen molar-refractivity contribution in [1.29, 1.82) is 0 Å². The number of benzene rings is 3. The molecule has 0 radical (unpaired) electrons. The Morgan fingerprint density at radius 1 is 0.968 bits per heavy atom. The van der Waals surface area contributed by atoms with Crippen LogP contribution in [0, 0.1) is 0 Å². The molecule has 3 aromatic carbocycles. The van der Waals surface area contributed by atoms with Crippen molar-refractivity contribution in [3.63, 3.8) is 0 Å². The van der Waals surface area contributed by atoms with E-state index in [9.17, 15) is 14.7 Å². The number of hydrogen-bond donors (Lipinski definition) is 1. The minimum Gasteiger partial charge on any atom is -0.507 e. The van der Waals surface area contributed by atoms with Gasteiger partial charge in [-0.2, -0.15) is 0 Å². The number of likely N-dealkylation sites (tertiary alicyclic amines) is 1. The van der Waals surface area contributed by atoms with Crippen molar-refractivity contribution in [3.8, 4) is 5.75 Å². The third-order valence-corrected chi connectivity index (χ3v) is 5.54. The molecule has 1 N–H and O–H groups in total. The fourth-order valence-corrected chi connectivity index (χ4v) is 3.84. The summed E-state index contributed by atoms with van der Waals surface area (Å²) in [5.41, 5.74) is 2.06. The van der Waals surface area contributed by atoms with Gasteiger partial charge >= 0.3 is 0 Å². The lowest BCUT2D eigenvalue weighted by Crippen LogP contribution is -2.29. The summed E-state index contributed by atoms with van der Waals surface area (Å²) < 4.78 is 5.19. The molecule has 31 heavy (non-hydrogen) atoms. The second kappa shape index (κ2) is 8.66. The zero-order valence-corrected chi connectivity index (χ0v) is 17.5. The maximum atomic E-state index is 13.0. The predicted molar refractivity (Wildman–Crippen MR) is 119 cm³/mol. The van der Waals surface area contributed by atoms with Crippen molar-refractivity contribution < 1.29 is 19.4 Å². The first-order valence-corrected chi connectivity index (χ1v) is 10.1. The summed E-state index contributed by atoms with van der Waals surface area (Å²) in [5.74, 6) is -0.872. The molecule has 1 atom stereocenters. The molecule has 0 aliphatic carbocycles. The molecule has 6 heteroatoms. The summed E-state index contributed by atoms with van der Waals surface area (Å²) in [4.78, 5) is 27.5. The van der Waals surface area contributed by atoms with Gasteiger partial charge in [0.2, 0.25) is 0 Å². The number of hydrogen-bond acceptors (Lipinski definition) is 4. The molecule has 1 heterocycles. The maximum Gasteiger partial charge on any atom is 0.295 e. The van der Waals surface area contributed by atoms with Crippen molar-refractivity contribution in [2.75, 3.05) is 7.11 Å². The molecule has 1 aliphatic rings. The van der Waals surface area contributed by atoms with Crippen molar-refractivity contribution >= 4 is 29.1 Å². The van der Waals surface area contributed by atoms with Gasteiger partial charge in [-0.05, 0) is 35.4 Å². The van der Waals surface area contributed by atoms with Crippen molar-refractivity contribution in [1.82, 2.24) is 4.90 Å². The Hall–Kier alpha value is -3.57. The number of ketones is 1. The predicted octanol–water partition coefficient (Wildman–Crippen LogP) is 4.97. The standard InChI is InChI=1S/C25H20ClNO4/c1-31-20-13-7-16(8-14-20)15-27-22(17-9-11-19(26)12-10-17)21(24(29)25(27)30)23(28)18-5-3-2-4-6-18/h2-14,22,28H,15H2,1H3/b23-21-. The van der Waals surface area contributed by atoms with E-state index in [0.717, 1.165) is 5.56 Å². The Kier molecular flexibility index (Phi) is 5.78. The van der Waals surface area contributed by atoms with Gasteiger partial charge in [0, 0.05) is 17.1 Å². The normalized spacial score (nSPS) is 17.7. The van der Waals surface area contributed by atoms with E-state index in [1.807, 2.05) is 18.2 Å². The second-order valence-corrected chi connectivity index (χ2v) is 7.63. The number of carbonyl (C=O) groups is 2. The highest BCUT2D eigenvalue weighted by Gasteiger charge is 2.46. The number of halogens is 1. The molecule has 4 rings (SSSR count). The number of amides is 1. The van der Waals surface area contributed by atoms with Crippen LogP contribution in [0.5, 0.6) is 5.75 Å². The van der Waals surface area contributed by atoms with E-state index < -0.39 is 17.7 Å². The summed E-state index contributed by atoms with van der Waals surface area (Å²) in [5, 5.41) is 11.5. The number of nitrogens with zero attached hydrogens (tertiary/aromatic N) is 1. The molecule has 1 fully saturated rings. The van der Waals surface area contributed by atoms with Crippen LogP contribution in [0.15, 0.2) is 84.4 Å². The topological polar surface area (TPSA) is 66.8 Å². The lowest BCUT2D eigenvalue weighted by molar-refractivity contribution is -0.140. The average Bonchev–Trinajstić information content (AvgIpc) is 3.05. The number of methoxy groups -OCH3 is 1. The largest absolute Gasteiger partial charge is 0.507 e. The first-order valence-electron chi connectivity index (χ1n) is 9.72. The van der Waals surface area contributed by atoms with Crippen LogP contribution < -0.4 is 4.74 Å².